The number of piperidine rings is 1. The Morgan fingerprint density at radius 2 is 1.75 bits per heavy atom. The highest BCUT2D eigenvalue weighted by Gasteiger charge is 2.54. The van der Waals surface area contributed by atoms with Crippen molar-refractivity contribution in [3.63, 3.8) is 0 Å². The van der Waals surface area contributed by atoms with E-state index in [9.17, 15) is 14.7 Å². The number of aliphatic hydroxyl groups is 1. The number of nitrogens with one attached hydrogen (secondary N) is 1. The highest BCUT2D eigenvalue weighted by Crippen LogP contribution is 2.38. The highest BCUT2D eigenvalue weighted by molar-refractivity contribution is 6.00. The number of amides is 2. The quantitative estimate of drug-likeness (QED) is 0.599. The summed E-state index contributed by atoms with van der Waals surface area (Å²) in [5, 5.41) is 14.2. The number of ether oxygens (including phenoxy) is 2. The minimum absolute atomic E-state index is 0.0117. The van der Waals surface area contributed by atoms with Gasteiger partial charge in [0.15, 0.2) is 11.5 Å². The Labute approximate surface area is 214 Å². The Morgan fingerprint density at radius 3 is 2.47 bits per heavy atom. The average Bonchev–Trinajstić information content (AvgIpc) is 2.89. The molecule has 8 heteroatoms. The van der Waals surface area contributed by atoms with Crippen LogP contribution in [0.3, 0.4) is 0 Å². The summed E-state index contributed by atoms with van der Waals surface area (Å²) in [7, 11) is 0. The molecule has 8 nitrogen and oxygen atoms in total. The molecule has 5 rings (SSSR count). The lowest BCUT2D eigenvalue weighted by Crippen LogP contribution is -2.73. The standard InChI is InChI=1S/C28H41N3O5/c1-2-3-13-31-25(32)22(19-27(34)9-5-4-6-10-27)29-26(33)28(31)11-14-30(15-12-28)20-21-7-8-23-24(18-21)36-17-16-35-23/h7-8,18,22,34H,2-6,9-17,19-20H2,1H3,(H,29,33). The molecule has 2 N–H and O–H groups in total. The lowest BCUT2D eigenvalue weighted by Gasteiger charge is -2.52. The fraction of sp³-hybridized carbons (Fsp3) is 0.714. The first kappa shape index (κ1) is 25.3. The van der Waals surface area contributed by atoms with Crippen molar-refractivity contribution in [1.29, 1.82) is 0 Å². The van der Waals surface area contributed by atoms with E-state index in [-0.39, 0.29) is 11.8 Å². The molecule has 0 bridgehead atoms. The van der Waals surface area contributed by atoms with Crippen LogP contribution in [0.25, 0.3) is 0 Å². The minimum Gasteiger partial charge on any atom is -0.486 e. The summed E-state index contributed by atoms with van der Waals surface area (Å²) in [6.45, 7) is 6.11. The third kappa shape index (κ3) is 5.07. The van der Waals surface area contributed by atoms with Gasteiger partial charge in [0.05, 0.1) is 5.60 Å². The van der Waals surface area contributed by atoms with Crippen LogP contribution in [0.2, 0.25) is 0 Å². The molecule has 1 aromatic rings. The average molecular weight is 500 g/mol. The summed E-state index contributed by atoms with van der Waals surface area (Å²) < 4.78 is 11.4. The molecule has 2 saturated heterocycles. The van der Waals surface area contributed by atoms with Gasteiger partial charge in [-0.05, 0) is 49.8 Å². The summed E-state index contributed by atoms with van der Waals surface area (Å²) in [4.78, 5) is 31.6. The van der Waals surface area contributed by atoms with Gasteiger partial charge in [-0.25, -0.2) is 0 Å². The minimum atomic E-state index is -0.847. The molecule has 0 aromatic heterocycles. The van der Waals surface area contributed by atoms with Crippen molar-refractivity contribution < 1.29 is 24.2 Å². The monoisotopic (exact) mass is 499 g/mol. The third-order valence-corrected chi connectivity index (χ3v) is 8.61. The van der Waals surface area contributed by atoms with Crippen molar-refractivity contribution in [2.45, 2.75) is 94.9 Å². The van der Waals surface area contributed by atoms with E-state index in [1.165, 1.54) is 0 Å². The maximum absolute atomic E-state index is 13.7. The molecule has 1 aromatic carbocycles. The molecule has 0 radical (unpaired) electrons. The van der Waals surface area contributed by atoms with E-state index in [2.05, 4.69) is 23.2 Å². The van der Waals surface area contributed by atoms with Crippen molar-refractivity contribution >= 4 is 11.8 Å². The molecule has 1 spiro atoms. The van der Waals surface area contributed by atoms with Gasteiger partial charge in [0, 0.05) is 32.6 Å². The summed E-state index contributed by atoms with van der Waals surface area (Å²) >= 11 is 0. The van der Waals surface area contributed by atoms with Crippen LogP contribution in [0.4, 0.5) is 0 Å². The first-order valence-corrected chi connectivity index (χ1v) is 13.9. The van der Waals surface area contributed by atoms with E-state index in [1.54, 1.807) is 0 Å². The SMILES string of the molecule is CCCCN1C(=O)C(CC2(O)CCCCC2)NC(=O)C12CCN(Cc1ccc3c(c1)OCCO3)CC2. The summed E-state index contributed by atoms with van der Waals surface area (Å²) in [5.41, 5.74) is -0.482. The number of hydrogen-bond acceptors (Lipinski definition) is 6. The Balaban J connectivity index is 1.26. The summed E-state index contributed by atoms with van der Waals surface area (Å²) in [6, 6.07) is 5.46. The topological polar surface area (TPSA) is 91.3 Å². The van der Waals surface area contributed by atoms with Crippen LogP contribution < -0.4 is 14.8 Å². The normalized spacial score (nSPS) is 25.6. The van der Waals surface area contributed by atoms with Crippen LogP contribution in [0.5, 0.6) is 11.5 Å². The van der Waals surface area contributed by atoms with Gasteiger partial charge in [0.25, 0.3) is 0 Å². The van der Waals surface area contributed by atoms with Gasteiger partial charge in [0.1, 0.15) is 24.8 Å². The molecule has 1 saturated carbocycles. The van der Waals surface area contributed by atoms with Gasteiger partial charge in [-0.1, -0.05) is 38.7 Å². The van der Waals surface area contributed by atoms with Crippen LogP contribution in [0.15, 0.2) is 18.2 Å². The number of piperazine rings is 1. The second kappa shape index (κ2) is 10.6. The second-order valence-corrected chi connectivity index (χ2v) is 11.1. The van der Waals surface area contributed by atoms with E-state index in [4.69, 9.17) is 9.47 Å². The third-order valence-electron chi connectivity index (χ3n) is 8.61. The zero-order valence-electron chi connectivity index (χ0n) is 21.6. The van der Waals surface area contributed by atoms with E-state index < -0.39 is 17.2 Å². The van der Waals surface area contributed by atoms with Crippen molar-refractivity contribution in [2.75, 3.05) is 32.8 Å². The van der Waals surface area contributed by atoms with Crippen LogP contribution in [-0.2, 0) is 16.1 Å². The van der Waals surface area contributed by atoms with Gasteiger partial charge >= 0.3 is 0 Å². The number of unbranched alkanes of at least 4 members (excludes halogenated alkanes) is 1. The van der Waals surface area contributed by atoms with Crippen LogP contribution in [-0.4, -0.2) is 76.8 Å². The first-order chi connectivity index (χ1) is 17.4. The number of fused-ring (bicyclic) bond motifs is 1. The number of carbonyl (C=O) groups excluding carboxylic acids is 2. The molecule has 4 aliphatic rings. The summed E-state index contributed by atoms with van der Waals surface area (Å²) in [6.07, 6.45) is 7.91. The molecule has 1 unspecified atom stereocenters. The van der Waals surface area contributed by atoms with Gasteiger partial charge in [-0.2, -0.15) is 0 Å². The van der Waals surface area contributed by atoms with E-state index in [0.29, 0.717) is 51.9 Å². The Hall–Kier alpha value is -2.32. The molecule has 3 heterocycles. The molecular weight excluding hydrogens is 458 g/mol. The number of hydrogen-bond donors (Lipinski definition) is 2. The number of carbonyl (C=O) groups is 2. The van der Waals surface area contributed by atoms with Crippen LogP contribution in [0, 0.1) is 0 Å². The van der Waals surface area contributed by atoms with E-state index in [1.807, 2.05) is 17.0 Å². The van der Waals surface area contributed by atoms with Crippen molar-refractivity contribution in [1.82, 2.24) is 15.1 Å². The number of nitrogens with zero attached hydrogens (tertiary/aromatic N) is 2. The van der Waals surface area contributed by atoms with Crippen molar-refractivity contribution in [3.05, 3.63) is 23.8 Å². The lowest BCUT2D eigenvalue weighted by atomic mass is 9.77. The lowest BCUT2D eigenvalue weighted by molar-refractivity contribution is -0.163. The Morgan fingerprint density at radius 1 is 1.03 bits per heavy atom. The van der Waals surface area contributed by atoms with Gasteiger partial charge in [-0.15, -0.1) is 0 Å². The maximum Gasteiger partial charge on any atom is 0.246 e. The Kier molecular flexibility index (Phi) is 7.45. The van der Waals surface area contributed by atoms with E-state index >= 15 is 0 Å². The molecule has 1 atom stereocenters. The predicted molar refractivity (Wildman–Crippen MR) is 136 cm³/mol. The van der Waals surface area contributed by atoms with Crippen LogP contribution in [0.1, 0.15) is 76.7 Å². The van der Waals surface area contributed by atoms with Gasteiger partial charge in [-0.3, -0.25) is 14.5 Å². The maximum atomic E-state index is 13.7. The fourth-order valence-corrected chi connectivity index (χ4v) is 6.47. The second-order valence-electron chi connectivity index (χ2n) is 11.1. The smallest absolute Gasteiger partial charge is 0.246 e. The highest BCUT2D eigenvalue weighted by atomic mass is 16.6. The number of likely N-dealkylation sites (tertiary alicyclic amines) is 1. The van der Waals surface area contributed by atoms with Gasteiger partial charge in [0.2, 0.25) is 11.8 Å². The number of rotatable bonds is 7. The zero-order chi connectivity index (χ0) is 25.2. The predicted octanol–water partition coefficient (Wildman–Crippen LogP) is 3.00. The largest absolute Gasteiger partial charge is 0.486 e. The molecule has 198 valence electrons. The molecule has 2 amide bonds. The van der Waals surface area contributed by atoms with Crippen LogP contribution >= 0.6 is 0 Å². The van der Waals surface area contributed by atoms with Crippen molar-refractivity contribution in [3.8, 4) is 11.5 Å². The van der Waals surface area contributed by atoms with Gasteiger partial charge < -0.3 is 24.8 Å². The number of benzene rings is 1. The summed E-state index contributed by atoms with van der Waals surface area (Å²) in [5.74, 6) is 1.53. The van der Waals surface area contributed by atoms with Crippen molar-refractivity contribution in [2.24, 2.45) is 0 Å². The molecule has 36 heavy (non-hydrogen) atoms. The molecular formula is C28H41N3O5. The first-order valence-electron chi connectivity index (χ1n) is 13.9. The molecule has 1 aliphatic carbocycles. The fourth-order valence-electron chi connectivity index (χ4n) is 6.47. The zero-order valence-corrected chi connectivity index (χ0v) is 21.6. The molecule has 3 aliphatic heterocycles. The van der Waals surface area contributed by atoms with E-state index in [0.717, 1.165) is 68.8 Å². The Bertz CT molecular complexity index is 953. The molecule has 3 fully saturated rings.